The highest BCUT2D eigenvalue weighted by atomic mass is 16.2. The van der Waals surface area contributed by atoms with Crippen molar-refractivity contribution in [2.75, 3.05) is 13.1 Å². The predicted molar refractivity (Wildman–Crippen MR) is 104 cm³/mol. The first kappa shape index (κ1) is 20.3. The third-order valence-corrected chi connectivity index (χ3v) is 3.92. The van der Waals surface area contributed by atoms with Crippen molar-refractivity contribution < 1.29 is 4.79 Å². The molecule has 0 spiro atoms. The first-order chi connectivity index (χ1) is 11.5. The van der Waals surface area contributed by atoms with Crippen LogP contribution in [0.15, 0.2) is 36.5 Å². The maximum absolute atomic E-state index is 12.4. The van der Waals surface area contributed by atoms with E-state index < -0.39 is 0 Å². The SMILES string of the molecule is CC(C)CCCNC(=O)N(C=Cc1ccccc1)CCCC(C)C. The molecule has 0 bridgehead atoms. The van der Waals surface area contributed by atoms with Crippen molar-refractivity contribution in [3.8, 4) is 0 Å². The Morgan fingerprint density at radius 1 is 1.04 bits per heavy atom. The van der Waals surface area contributed by atoms with Gasteiger partial charge in [-0.25, -0.2) is 4.79 Å². The van der Waals surface area contributed by atoms with Gasteiger partial charge in [0, 0.05) is 19.3 Å². The third kappa shape index (κ3) is 9.39. The van der Waals surface area contributed by atoms with Crippen LogP contribution in [0.25, 0.3) is 6.08 Å². The quantitative estimate of drug-likeness (QED) is 0.561. The molecule has 3 heteroatoms. The van der Waals surface area contributed by atoms with E-state index in [0.29, 0.717) is 11.8 Å². The van der Waals surface area contributed by atoms with E-state index in [1.54, 1.807) is 0 Å². The van der Waals surface area contributed by atoms with Crippen LogP contribution in [0.2, 0.25) is 0 Å². The fourth-order valence-electron chi connectivity index (χ4n) is 2.46. The number of nitrogens with zero attached hydrogens (tertiary/aromatic N) is 1. The first-order valence-corrected chi connectivity index (χ1v) is 9.26. The molecule has 1 aromatic rings. The Hall–Kier alpha value is -1.77. The summed E-state index contributed by atoms with van der Waals surface area (Å²) < 4.78 is 0. The number of nitrogens with one attached hydrogen (secondary N) is 1. The van der Waals surface area contributed by atoms with E-state index in [2.05, 4.69) is 33.0 Å². The lowest BCUT2D eigenvalue weighted by Gasteiger charge is -2.20. The van der Waals surface area contributed by atoms with Crippen LogP contribution in [-0.2, 0) is 0 Å². The summed E-state index contributed by atoms with van der Waals surface area (Å²) in [5.74, 6) is 1.35. The van der Waals surface area contributed by atoms with Crippen LogP contribution >= 0.6 is 0 Å². The summed E-state index contributed by atoms with van der Waals surface area (Å²) in [5.41, 5.74) is 1.11. The highest BCUT2D eigenvalue weighted by molar-refractivity contribution is 5.76. The molecule has 0 aliphatic rings. The smallest absolute Gasteiger partial charge is 0.321 e. The van der Waals surface area contributed by atoms with Gasteiger partial charge in [-0.05, 0) is 49.2 Å². The number of urea groups is 1. The highest BCUT2D eigenvalue weighted by Gasteiger charge is 2.10. The van der Waals surface area contributed by atoms with Gasteiger partial charge in [-0.15, -0.1) is 0 Å². The van der Waals surface area contributed by atoms with Crippen LogP contribution < -0.4 is 5.32 Å². The Balaban J connectivity index is 2.55. The van der Waals surface area contributed by atoms with Crippen LogP contribution in [0.1, 0.15) is 58.9 Å². The van der Waals surface area contributed by atoms with Gasteiger partial charge in [-0.2, -0.15) is 0 Å². The van der Waals surface area contributed by atoms with Crippen molar-refractivity contribution >= 4 is 12.1 Å². The standard InChI is InChI=1S/C21H34N2O/c1-18(2)10-8-15-22-21(24)23(16-9-11-19(3)4)17-14-20-12-6-5-7-13-20/h5-7,12-14,17-19H,8-11,15-16H2,1-4H3,(H,22,24). The molecule has 1 rings (SSSR count). The van der Waals surface area contributed by atoms with E-state index in [1.165, 1.54) is 0 Å². The summed E-state index contributed by atoms with van der Waals surface area (Å²) >= 11 is 0. The largest absolute Gasteiger partial charge is 0.338 e. The van der Waals surface area contributed by atoms with E-state index in [0.717, 1.165) is 44.3 Å². The Morgan fingerprint density at radius 3 is 2.29 bits per heavy atom. The molecule has 0 saturated carbocycles. The van der Waals surface area contributed by atoms with Gasteiger partial charge in [0.15, 0.2) is 0 Å². The van der Waals surface area contributed by atoms with Crippen molar-refractivity contribution in [1.29, 1.82) is 0 Å². The van der Waals surface area contributed by atoms with Gasteiger partial charge in [0.1, 0.15) is 0 Å². The van der Waals surface area contributed by atoms with Gasteiger partial charge in [0.05, 0.1) is 0 Å². The molecule has 0 aromatic heterocycles. The summed E-state index contributed by atoms with van der Waals surface area (Å²) in [6.45, 7) is 10.4. The Labute approximate surface area is 148 Å². The number of carbonyl (C=O) groups is 1. The van der Waals surface area contributed by atoms with Gasteiger partial charge >= 0.3 is 6.03 Å². The fraction of sp³-hybridized carbons (Fsp3) is 0.571. The maximum Gasteiger partial charge on any atom is 0.321 e. The van der Waals surface area contributed by atoms with Gasteiger partial charge < -0.3 is 10.2 Å². The van der Waals surface area contributed by atoms with Crippen molar-refractivity contribution in [3.63, 3.8) is 0 Å². The molecular formula is C21H34N2O. The van der Waals surface area contributed by atoms with E-state index >= 15 is 0 Å². The number of amides is 2. The molecular weight excluding hydrogens is 296 g/mol. The van der Waals surface area contributed by atoms with Crippen LogP contribution in [0.5, 0.6) is 0 Å². The Kier molecular flexibility index (Phi) is 9.90. The highest BCUT2D eigenvalue weighted by Crippen LogP contribution is 2.08. The molecule has 1 aromatic carbocycles. The molecule has 0 heterocycles. The Morgan fingerprint density at radius 2 is 1.67 bits per heavy atom. The second-order valence-electron chi connectivity index (χ2n) is 7.22. The summed E-state index contributed by atoms with van der Waals surface area (Å²) in [6, 6.07) is 10.1. The zero-order chi connectivity index (χ0) is 17.8. The summed E-state index contributed by atoms with van der Waals surface area (Å²) in [5, 5.41) is 3.05. The molecule has 0 aliphatic carbocycles. The average Bonchev–Trinajstić information content (AvgIpc) is 2.55. The lowest BCUT2D eigenvalue weighted by molar-refractivity contribution is 0.213. The number of hydrogen-bond acceptors (Lipinski definition) is 1. The van der Waals surface area contributed by atoms with Crippen molar-refractivity contribution in [3.05, 3.63) is 42.1 Å². The zero-order valence-electron chi connectivity index (χ0n) is 15.8. The summed E-state index contributed by atoms with van der Waals surface area (Å²) in [6.07, 6.45) is 8.25. The molecule has 3 nitrogen and oxygen atoms in total. The first-order valence-electron chi connectivity index (χ1n) is 9.26. The van der Waals surface area contributed by atoms with Gasteiger partial charge in [0.25, 0.3) is 0 Å². The molecule has 0 aliphatic heterocycles. The Bertz CT molecular complexity index is 480. The molecule has 24 heavy (non-hydrogen) atoms. The minimum absolute atomic E-state index is 0.00898. The topological polar surface area (TPSA) is 32.3 Å². The lowest BCUT2D eigenvalue weighted by Crippen LogP contribution is -2.37. The van der Waals surface area contributed by atoms with E-state index in [-0.39, 0.29) is 6.03 Å². The maximum atomic E-state index is 12.4. The van der Waals surface area contributed by atoms with Gasteiger partial charge in [-0.1, -0.05) is 58.0 Å². The lowest BCUT2D eigenvalue weighted by atomic mass is 10.1. The van der Waals surface area contributed by atoms with E-state index in [1.807, 2.05) is 47.5 Å². The van der Waals surface area contributed by atoms with Crippen molar-refractivity contribution in [2.45, 2.75) is 53.4 Å². The van der Waals surface area contributed by atoms with E-state index in [4.69, 9.17) is 0 Å². The molecule has 0 fully saturated rings. The predicted octanol–water partition coefficient (Wildman–Crippen LogP) is 5.54. The molecule has 0 unspecified atom stereocenters. The second-order valence-corrected chi connectivity index (χ2v) is 7.22. The molecule has 0 atom stereocenters. The van der Waals surface area contributed by atoms with Gasteiger partial charge in [0.2, 0.25) is 0 Å². The number of rotatable bonds is 10. The average molecular weight is 331 g/mol. The zero-order valence-corrected chi connectivity index (χ0v) is 15.8. The molecule has 0 radical (unpaired) electrons. The summed E-state index contributed by atoms with van der Waals surface area (Å²) in [7, 11) is 0. The van der Waals surface area contributed by atoms with Crippen molar-refractivity contribution in [1.82, 2.24) is 10.2 Å². The van der Waals surface area contributed by atoms with Crippen LogP contribution in [0.3, 0.4) is 0 Å². The summed E-state index contributed by atoms with van der Waals surface area (Å²) in [4.78, 5) is 14.3. The van der Waals surface area contributed by atoms with Crippen LogP contribution in [0, 0.1) is 11.8 Å². The molecule has 0 saturated heterocycles. The van der Waals surface area contributed by atoms with E-state index in [9.17, 15) is 4.79 Å². The molecule has 1 N–H and O–H groups in total. The second kappa shape index (κ2) is 11.7. The van der Waals surface area contributed by atoms with Gasteiger partial charge in [-0.3, -0.25) is 0 Å². The fourth-order valence-corrected chi connectivity index (χ4v) is 2.46. The molecule has 134 valence electrons. The molecule has 2 amide bonds. The number of carbonyl (C=O) groups excluding carboxylic acids is 1. The minimum Gasteiger partial charge on any atom is -0.338 e. The van der Waals surface area contributed by atoms with Crippen LogP contribution in [0.4, 0.5) is 4.79 Å². The minimum atomic E-state index is 0.00898. The monoisotopic (exact) mass is 330 g/mol. The normalized spacial score (nSPS) is 11.4. The number of hydrogen-bond donors (Lipinski definition) is 1. The van der Waals surface area contributed by atoms with Crippen LogP contribution in [-0.4, -0.2) is 24.0 Å². The van der Waals surface area contributed by atoms with Crippen molar-refractivity contribution in [2.24, 2.45) is 11.8 Å². The third-order valence-electron chi connectivity index (χ3n) is 3.92. The number of benzene rings is 1.